The van der Waals surface area contributed by atoms with Crippen molar-refractivity contribution in [3.05, 3.63) is 0 Å². The number of amides is 1. The van der Waals surface area contributed by atoms with Crippen LogP contribution >= 0.6 is 0 Å². The molecule has 0 unspecified atom stereocenters. The predicted octanol–water partition coefficient (Wildman–Crippen LogP) is 0.201. The summed E-state index contributed by atoms with van der Waals surface area (Å²) in [7, 11) is 0. The summed E-state index contributed by atoms with van der Waals surface area (Å²) in [6, 6.07) is -0.0283. The van der Waals surface area contributed by atoms with Crippen LogP contribution in [0.5, 0.6) is 0 Å². The second-order valence-electron chi connectivity index (χ2n) is 3.31. The molecule has 0 aliphatic carbocycles. The van der Waals surface area contributed by atoms with Crippen molar-refractivity contribution >= 4 is 5.91 Å². The molecule has 1 rings (SSSR count). The molecule has 1 heterocycles. The maximum Gasteiger partial charge on any atom is 0.254 e. The lowest BCUT2D eigenvalue weighted by Crippen LogP contribution is -2.58. The van der Waals surface area contributed by atoms with Gasteiger partial charge in [0.25, 0.3) is 5.92 Å². The van der Waals surface area contributed by atoms with Crippen molar-refractivity contribution in [3.8, 4) is 0 Å². The molecule has 0 bridgehead atoms. The van der Waals surface area contributed by atoms with E-state index in [2.05, 4.69) is 0 Å². The highest BCUT2D eigenvalue weighted by Crippen LogP contribution is 2.19. The summed E-state index contributed by atoms with van der Waals surface area (Å²) < 4.78 is 24.6. The van der Waals surface area contributed by atoms with E-state index in [0.717, 1.165) is 6.92 Å². The topological polar surface area (TPSA) is 46.3 Å². The number of halogens is 2. The highest BCUT2D eigenvalue weighted by atomic mass is 19.3. The molecule has 12 heavy (non-hydrogen) atoms. The summed E-state index contributed by atoms with van der Waals surface area (Å²) in [5.41, 5.74) is 5.39. The molecule has 70 valence electrons. The van der Waals surface area contributed by atoms with E-state index in [-0.39, 0.29) is 6.04 Å². The Morgan fingerprint density at radius 2 is 2.17 bits per heavy atom. The van der Waals surface area contributed by atoms with Gasteiger partial charge in [-0.1, -0.05) is 0 Å². The molecule has 1 aliphatic heterocycles. The van der Waals surface area contributed by atoms with Crippen molar-refractivity contribution in [1.29, 1.82) is 0 Å². The van der Waals surface area contributed by atoms with Crippen molar-refractivity contribution in [2.24, 2.45) is 5.73 Å². The smallest absolute Gasteiger partial charge is 0.254 e. The Morgan fingerprint density at radius 3 is 2.50 bits per heavy atom. The highest BCUT2D eigenvalue weighted by molar-refractivity contribution is 5.77. The molecule has 0 radical (unpaired) electrons. The summed E-state index contributed by atoms with van der Waals surface area (Å²) in [4.78, 5) is 12.3. The van der Waals surface area contributed by atoms with E-state index in [9.17, 15) is 13.6 Å². The number of nitrogens with two attached hydrogens (primary N) is 1. The molecular weight excluding hydrogens is 166 g/mol. The minimum Gasteiger partial charge on any atom is -0.339 e. The largest absolute Gasteiger partial charge is 0.339 e. The number of carbonyl (C=O) groups excluding carboxylic acids is 1. The first-order valence-corrected chi connectivity index (χ1v) is 3.80. The van der Waals surface area contributed by atoms with Crippen LogP contribution in [0.3, 0.4) is 0 Å². The van der Waals surface area contributed by atoms with Crippen LogP contribution in [0.25, 0.3) is 0 Å². The van der Waals surface area contributed by atoms with Gasteiger partial charge in [0.2, 0.25) is 5.91 Å². The van der Waals surface area contributed by atoms with Crippen molar-refractivity contribution in [2.75, 3.05) is 13.1 Å². The van der Waals surface area contributed by atoms with Gasteiger partial charge in [-0.05, 0) is 6.92 Å². The van der Waals surface area contributed by atoms with Gasteiger partial charge in [-0.15, -0.1) is 0 Å². The van der Waals surface area contributed by atoms with Crippen LogP contribution < -0.4 is 5.73 Å². The molecule has 1 fully saturated rings. The van der Waals surface area contributed by atoms with E-state index in [4.69, 9.17) is 5.73 Å². The second kappa shape index (κ2) is 2.97. The lowest BCUT2D eigenvalue weighted by Gasteiger charge is -2.37. The summed E-state index contributed by atoms with van der Waals surface area (Å²) >= 11 is 0. The summed E-state index contributed by atoms with van der Waals surface area (Å²) in [6.45, 7) is 1.56. The normalized spacial score (nSPS) is 19.2. The van der Waals surface area contributed by atoms with E-state index < -0.39 is 18.3 Å². The first kappa shape index (κ1) is 9.38. The van der Waals surface area contributed by atoms with Crippen LogP contribution in [0.4, 0.5) is 8.78 Å². The van der Waals surface area contributed by atoms with Gasteiger partial charge in [-0.2, -0.15) is 0 Å². The molecular formula is C7H12F2N2O. The van der Waals surface area contributed by atoms with Gasteiger partial charge < -0.3 is 10.6 Å². The van der Waals surface area contributed by atoms with Crippen LogP contribution in [0.15, 0.2) is 0 Å². The number of hydrogen-bond acceptors (Lipinski definition) is 2. The number of likely N-dealkylation sites (tertiary alicyclic amines) is 1. The molecule has 0 spiro atoms. The second-order valence-corrected chi connectivity index (χ2v) is 3.31. The zero-order chi connectivity index (χ0) is 9.35. The Morgan fingerprint density at radius 1 is 1.67 bits per heavy atom. The van der Waals surface area contributed by atoms with Crippen LogP contribution in [-0.2, 0) is 4.79 Å². The number of hydrogen-bond donors (Lipinski definition) is 1. The first-order valence-electron chi connectivity index (χ1n) is 3.80. The molecule has 0 saturated carbocycles. The fraction of sp³-hybridized carbons (Fsp3) is 0.857. The highest BCUT2D eigenvalue weighted by Gasteiger charge is 2.33. The fourth-order valence-corrected chi connectivity index (χ4v) is 1.09. The maximum atomic E-state index is 12.3. The first-order chi connectivity index (χ1) is 5.38. The molecule has 3 nitrogen and oxygen atoms in total. The van der Waals surface area contributed by atoms with E-state index in [1.54, 1.807) is 0 Å². The van der Waals surface area contributed by atoms with Crippen LogP contribution in [0, 0.1) is 0 Å². The number of carbonyl (C=O) groups is 1. The number of alkyl halides is 2. The standard InChI is InChI=1S/C7H12F2N2O/c1-7(8,9)2-6(12)11-3-5(10)4-11/h5H,2-4,10H2,1H3. The monoisotopic (exact) mass is 178 g/mol. The zero-order valence-electron chi connectivity index (χ0n) is 6.89. The lowest BCUT2D eigenvalue weighted by atomic mass is 10.1. The zero-order valence-corrected chi connectivity index (χ0v) is 6.89. The molecule has 0 aromatic rings. The summed E-state index contributed by atoms with van der Waals surface area (Å²) in [5.74, 6) is -3.42. The van der Waals surface area contributed by atoms with E-state index in [1.807, 2.05) is 0 Å². The molecule has 5 heteroatoms. The van der Waals surface area contributed by atoms with Crippen LogP contribution in [0.1, 0.15) is 13.3 Å². The Kier molecular flexibility index (Phi) is 2.32. The van der Waals surface area contributed by atoms with Gasteiger partial charge in [0, 0.05) is 19.1 Å². The van der Waals surface area contributed by atoms with Crippen LogP contribution in [0.2, 0.25) is 0 Å². The number of nitrogens with zero attached hydrogens (tertiary/aromatic N) is 1. The van der Waals surface area contributed by atoms with E-state index in [0.29, 0.717) is 13.1 Å². The van der Waals surface area contributed by atoms with Gasteiger partial charge in [0.05, 0.1) is 6.42 Å². The third-order valence-corrected chi connectivity index (χ3v) is 1.72. The molecule has 0 atom stereocenters. The third-order valence-electron chi connectivity index (χ3n) is 1.72. The minimum atomic E-state index is -2.91. The van der Waals surface area contributed by atoms with Crippen molar-refractivity contribution in [1.82, 2.24) is 4.90 Å². The van der Waals surface area contributed by atoms with Crippen molar-refractivity contribution in [2.45, 2.75) is 25.3 Å². The average molecular weight is 178 g/mol. The van der Waals surface area contributed by atoms with Gasteiger partial charge in [-0.3, -0.25) is 4.79 Å². The minimum absolute atomic E-state index is 0.0283. The van der Waals surface area contributed by atoms with Crippen molar-refractivity contribution < 1.29 is 13.6 Å². The lowest BCUT2D eigenvalue weighted by molar-refractivity contribution is -0.142. The molecule has 0 aromatic heterocycles. The van der Waals surface area contributed by atoms with Crippen LogP contribution in [-0.4, -0.2) is 35.9 Å². The Hall–Kier alpha value is -0.710. The number of rotatable bonds is 2. The molecule has 0 aromatic carbocycles. The van der Waals surface area contributed by atoms with Crippen molar-refractivity contribution in [3.63, 3.8) is 0 Å². The molecule has 1 aliphatic rings. The Balaban J connectivity index is 2.30. The van der Waals surface area contributed by atoms with Gasteiger partial charge >= 0.3 is 0 Å². The third kappa shape index (κ3) is 2.41. The maximum absolute atomic E-state index is 12.3. The molecule has 1 saturated heterocycles. The summed E-state index contributed by atoms with van der Waals surface area (Å²) in [5, 5.41) is 0. The van der Waals surface area contributed by atoms with Gasteiger partial charge in [0.1, 0.15) is 0 Å². The Labute approximate surface area is 69.5 Å². The van der Waals surface area contributed by atoms with Gasteiger partial charge in [-0.25, -0.2) is 8.78 Å². The molecule has 2 N–H and O–H groups in total. The summed E-state index contributed by atoms with van der Waals surface area (Å²) in [6.07, 6.45) is -0.709. The quantitative estimate of drug-likeness (QED) is 0.656. The van der Waals surface area contributed by atoms with Gasteiger partial charge in [0.15, 0.2) is 0 Å². The average Bonchev–Trinajstić information content (AvgIpc) is 1.76. The SMILES string of the molecule is CC(F)(F)CC(=O)N1CC(N)C1. The van der Waals surface area contributed by atoms with E-state index in [1.165, 1.54) is 4.90 Å². The molecule has 1 amide bonds. The Bertz CT molecular complexity index is 184. The van der Waals surface area contributed by atoms with E-state index >= 15 is 0 Å². The fourth-order valence-electron chi connectivity index (χ4n) is 1.09. The predicted molar refractivity (Wildman–Crippen MR) is 39.8 cm³/mol.